The minimum absolute atomic E-state index is 0.0363. The van der Waals surface area contributed by atoms with Gasteiger partial charge in [-0.25, -0.2) is 0 Å². The number of carbonyl (C=O) groups is 1. The minimum Gasteiger partial charge on any atom is -0.346 e. The van der Waals surface area contributed by atoms with Gasteiger partial charge < -0.3 is 10.6 Å². The van der Waals surface area contributed by atoms with E-state index in [4.69, 9.17) is 0 Å². The predicted octanol–water partition coefficient (Wildman–Crippen LogP) is 1.15. The first-order valence-electron chi connectivity index (χ1n) is 5.12. The lowest BCUT2D eigenvalue weighted by atomic mass is 10.1. The van der Waals surface area contributed by atoms with Crippen LogP contribution in [-0.2, 0) is 4.79 Å². The Morgan fingerprint density at radius 2 is 1.94 bits per heavy atom. The molecule has 0 spiro atoms. The SMILES string of the molecule is O=C(CNC1CCSCC1)NCC(F)(F)F. The van der Waals surface area contributed by atoms with Crippen LogP contribution in [0.2, 0.25) is 0 Å². The maximum absolute atomic E-state index is 11.8. The van der Waals surface area contributed by atoms with Crippen molar-refractivity contribution in [3.63, 3.8) is 0 Å². The normalized spacial score (nSPS) is 18.4. The third-order valence-electron chi connectivity index (χ3n) is 2.26. The molecule has 1 amide bonds. The second-order valence-electron chi connectivity index (χ2n) is 3.66. The average Bonchev–Trinajstić information content (AvgIpc) is 2.24. The van der Waals surface area contributed by atoms with Crippen LogP contribution in [-0.4, -0.2) is 42.7 Å². The van der Waals surface area contributed by atoms with E-state index in [-0.39, 0.29) is 12.6 Å². The number of nitrogens with one attached hydrogen (secondary N) is 2. The van der Waals surface area contributed by atoms with E-state index in [1.54, 1.807) is 0 Å². The van der Waals surface area contributed by atoms with Crippen molar-refractivity contribution < 1.29 is 18.0 Å². The Morgan fingerprint density at radius 1 is 1.31 bits per heavy atom. The van der Waals surface area contributed by atoms with Gasteiger partial charge in [0.2, 0.25) is 5.91 Å². The van der Waals surface area contributed by atoms with Crippen molar-refractivity contribution in [2.24, 2.45) is 0 Å². The first-order chi connectivity index (χ1) is 7.47. The summed E-state index contributed by atoms with van der Waals surface area (Å²) in [6.07, 6.45) is -2.40. The van der Waals surface area contributed by atoms with Gasteiger partial charge in [-0.15, -0.1) is 0 Å². The van der Waals surface area contributed by atoms with Crippen molar-refractivity contribution in [2.75, 3.05) is 24.6 Å². The maximum atomic E-state index is 11.8. The monoisotopic (exact) mass is 256 g/mol. The highest BCUT2D eigenvalue weighted by Gasteiger charge is 2.27. The Balaban J connectivity index is 2.09. The van der Waals surface area contributed by atoms with Gasteiger partial charge in [-0.3, -0.25) is 4.79 Å². The van der Waals surface area contributed by atoms with Gasteiger partial charge in [0.1, 0.15) is 6.54 Å². The summed E-state index contributed by atoms with van der Waals surface area (Å²) < 4.78 is 35.3. The van der Waals surface area contributed by atoms with E-state index in [9.17, 15) is 18.0 Å². The van der Waals surface area contributed by atoms with Gasteiger partial charge in [-0.2, -0.15) is 24.9 Å². The van der Waals surface area contributed by atoms with Gasteiger partial charge in [0.05, 0.1) is 6.54 Å². The van der Waals surface area contributed by atoms with Crippen molar-refractivity contribution in [3.05, 3.63) is 0 Å². The van der Waals surface area contributed by atoms with E-state index in [2.05, 4.69) is 5.32 Å². The van der Waals surface area contributed by atoms with Gasteiger partial charge >= 0.3 is 6.18 Å². The van der Waals surface area contributed by atoms with Crippen molar-refractivity contribution in [1.29, 1.82) is 0 Å². The number of halogens is 3. The number of rotatable bonds is 4. The molecule has 1 saturated heterocycles. The zero-order valence-electron chi connectivity index (χ0n) is 8.77. The molecule has 0 bridgehead atoms. The molecule has 0 unspecified atom stereocenters. The van der Waals surface area contributed by atoms with Gasteiger partial charge in [0, 0.05) is 6.04 Å². The van der Waals surface area contributed by atoms with Crippen LogP contribution >= 0.6 is 11.8 Å². The smallest absolute Gasteiger partial charge is 0.346 e. The number of carbonyl (C=O) groups excluding carboxylic acids is 1. The van der Waals surface area contributed by atoms with E-state index < -0.39 is 18.6 Å². The van der Waals surface area contributed by atoms with Crippen LogP contribution in [0.15, 0.2) is 0 Å². The highest BCUT2D eigenvalue weighted by Crippen LogP contribution is 2.16. The van der Waals surface area contributed by atoms with Crippen molar-refractivity contribution in [1.82, 2.24) is 10.6 Å². The molecular formula is C9H15F3N2OS. The molecule has 0 aromatic carbocycles. The number of thioether (sulfide) groups is 1. The lowest BCUT2D eigenvalue weighted by Gasteiger charge is -2.22. The highest BCUT2D eigenvalue weighted by molar-refractivity contribution is 7.99. The highest BCUT2D eigenvalue weighted by atomic mass is 32.2. The third kappa shape index (κ3) is 6.22. The van der Waals surface area contributed by atoms with E-state index in [0.29, 0.717) is 0 Å². The standard InChI is InChI=1S/C9H15F3N2OS/c10-9(11,12)6-14-8(15)5-13-7-1-3-16-4-2-7/h7,13H,1-6H2,(H,14,15). The van der Waals surface area contributed by atoms with Crippen LogP contribution < -0.4 is 10.6 Å². The predicted molar refractivity (Wildman–Crippen MR) is 57.4 cm³/mol. The lowest BCUT2D eigenvalue weighted by Crippen LogP contribution is -2.43. The first kappa shape index (κ1) is 13.6. The van der Waals surface area contributed by atoms with Crippen LogP contribution in [0.3, 0.4) is 0 Å². The van der Waals surface area contributed by atoms with E-state index in [1.165, 1.54) is 0 Å². The topological polar surface area (TPSA) is 41.1 Å². The average molecular weight is 256 g/mol. The van der Waals surface area contributed by atoms with Crippen molar-refractivity contribution in [3.8, 4) is 0 Å². The number of hydrogen-bond acceptors (Lipinski definition) is 3. The van der Waals surface area contributed by atoms with E-state index >= 15 is 0 Å². The molecule has 7 heteroatoms. The number of alkyl halides is 3. The van der Waals surface area contributed by atoms with Crippen molar-refractivity contribution >= 4 is 17.7 Å². The number of amides is 1. The molecular weight excluding hydrogens is 241 g/mol. The molecule has 1 rings (SSSR count). The lowest BCUT2D eigenvalue weighted by molar-refractivity contribution is -0.137. The molecule has 0 aromatic rings. The zero-order chi connectivity index (χ0) is 12.0. The Labute approximate surface area is 96.5 Å². The van der Waals surface area contributed by atoms with E-state index in [1.807, 2.05) is 17.1 Å². The summed E-state index contributed by atoms with van der Waals surface area (Å²) in [5.74, 6) is 1.49. The largest absolute Gasteiger partial charge is 0.405 e. The second kappa shape index (κ2) is 6.34. The van der Waals surface area contributed by atoms with Crippen LogP contribution in [0.1, 0.15) is 12.8 Å². The van der Waals surface area contributed by atoms with Gasteiger partial charge in [0.25, 0.3) is 0 Å². The molecule has 0 saturated carbocycles. The van der Waals surface area contributed by atoms with Gasteiger partial charge in [-0.1, -0.05) is 0 Å². The van der Waals surface area contributed by atoms with E-state index in [0.717, 1.165) is 24.3 Å². The molecule has 0 aromatic heterocycles. The quantitative estimate of drug-likeness (QED) is 0.793. The van der Waals surface area contributed by atoms with Gasteiger partial charge in [0.15, 0.2) is 0 Å². The summed E-state index contributed by atoms with van der Waals surface area (Å²) in [7, 11) is 0. The fourth-order valence-electron chi connectivity index (χ4n) is 1.40. The fraction of sp³-hybridized carbons (Fsp3) is 0.889. The molecule has 1 fully saturated rings. The molecule has 1 aliphatic rings. The molecule has 0 aliphatic carbocycles. The Kier molecular flexibility index (Phi) is 5.40. The molecule has 94 valence electrons. The van der Waals surface area contributed by atoms with Crippen LogP contribution in [0.5, 0.6) is 0 Å². The first-order valence-corrected chi connectivity index (χ1v) is 6.27. The molecule has 2 N–H and O–H groups in total. The second-order valence-corrected chi connectivity index (χ2v) is 4.88. The molecule has 0 radical (unpaired) electrons. The van der Waals surface area contributed by atoms with Crippen LogP contribution in [0.25, 0.3) is 0 Å². The zero-order valence-corrected chi connectivity index (χ0v) is 9.59. The minimum atomic E-state index is -4.34. The van der Waals surface area contributed by atoms with Crippen LogP contribution in [0, 0.1) is 0 Å². The summed E-state index contributed by atoms with van der Waals surface area (Å²) in [6, 6.07) is 0.262. The molecule has 0 atom stereocenters. The third-order valence-corrected chi connectivity index (χ3v) is 3.31. The van der Waals surface area contributed by atoms with Crippen LogP contribution in [0.4, 0.5) is 13.2 Å². The summed E-state index contributed by atoms with van der Waals surface area (Å²) in [4.78, 5) is 11.1. The molecule has 16 heavy (non-hydrogen) atoms. The number of hydrogen-bond donors (Lipinski definition) is 2. The molecule has 1 aliphatic heterocycles. The van der Waals surface area contributed by atoms with Crippen molar-refractivity contribution in [2.45, 2.75) is 25.1 Å². The molecule has 1 heterocycles. The summed E-state index contributed by atoms with van der Waals surface area (Å²) in [6.45, 7) is -1.29. The van der Waals surface area contributed by atoms with Gasteiger partial charge in [-0.05, 0) is 24.3 Å². The molecule has 3 nitrogen and oxygen atoms in total. The Morgan fingerprint density at radius 3 is 2.50 bits per heavy atom. The fourth-order valence-corrected chi connectivity index (χ4v) is 2.51. The Bertz CT molecular complexity index is 229. The Hall–Kier alpha value is -0.430. The summed E-state index contributed by atoms with van der Waals surface area (Å²) in [5.41, 5.74) is 0. The maximum Gasteiger partial charge on any atom is 0.405 e. The summed E-state index contributed by atoms with van der Waals surface area (Å²) >= 11 is 1.86. The summed E-state index contributed by atoms with van der Waals surface area (Å²) in [5, 5.41) is 4.80.